The second-order valence-corrected chi connectivity index (χ2v) is 7.73. The molecule has 3 aromatic heterocycles. The highest BCUT2D eigenvalue weighted by atomic mass is 35.5. The SMILES string of the molecule is O=c1c(=Cc2ccc(-c3cccc(Cl)c3Cl)o2)sc2nc3ccccc3n12. The van der Waals surface area contributed by atoms with Gasteiger partial charge in [-0.05, 0) is 36.4 Å². The van der Waals surface area contributed by atoms with E-state index >= 15 is 0 Å². The van der Waals surface area contributed by atoms with Crippen LogP contribution >= 0.6 is 34.5 Å². The van der Waals surface area contributed by atoms with Gasteiger partial charge in [-0.1, -0.05) is 52.7 Å². The van der Waals surface area contributed by atoms with Gasteiger partial charge in [0.25, 0.3) is 5.56 Å². The number of fused-ring (bicyclic) bond motifs is 3. The van der Waals surface area contributed by atoms with Crippen molar-refractivity contribution in [1.82, 2.24) is 9.38 Å². The predicted octanol–water partition coefficient (Wildman–Crippen LogP) is 5.02. The molecule has 0 aliphatic carbocycles. The van der Waals surface area contributed by atoms with Crippen molar-refractivity contribution in [3.05, 3.63) is 85.3 Å². The van der Waals surface area contributed by atoms with Gasteiger partial charge < -0.3 is 4.42 Å². The first-order chi connectivity index (χ1) is 13.1. The third-order valence-corrected chi connectivity index (χ3v) is 6.05. The van der Waals surface area contributed by atoms with E-state index in [1.807, 2.05) is 42.5 Å². The molecule has 0 unspecified atom stereocenters. The number of thiazole rings is 1. The van der Waals surface area contributed by atoms with E-state index in [4.69, 9.17) is 27.6 Å². The van der Waals surface area contributed by atoms with Crippen LogP contribution < -0.4 is 10.1 Å². The van der Waals surface area contributed by atoms with Crippen LogP contribution in [0, 0.1) is 0 Å². The van der Waals surface area contributed by atoms with Gasteiger partial charge in [-0.2, -0.15) is 0 Å². The van der Waals surface area contributed by atoms with Crippen molar-refractivity contribution in [2.24, 2.45) is 0 Å². The monoisotopic (exact) mass is 412 g/mol. The maximum absolute atomic E-state index is 12.8. The lowest BCUT2D eigenvalue weighted by Crippen LogP contribution is -2.22. The lowest BCUT2D eigenvalue weighted by molar-refractivity contribution is 0.571. The Bertz CT molecular complexity index is 1430. The maximum Gasteiger partial charge on any atom is 0.275 e. The number of aromatic nitrogens is 2. The Morgan fingerprint density at radius 2 is 1.89 bits per heavy atom. The van der Waals surface area contributed by atoms with Gasteiger partial charge in [-0.25, -0.2) is 9.38 Å². The van der Waals surface area contributed by atoms with E-state index in [2.05, 4.69) is 4.98 Å². The van der Waals surface area contributed by atoms with E-state index in [0.717, 1.165) is 11.0 Å². The molecule has 0 spiro atoms. The molecule has 0 saturated heterocycles. The minimum absolute atomic E-state index is 0.109. The van der Waals surface area contributed by atoms with Crippen molar-refractivity contribution in [2.45, 2.75) is 0 Å². The molecule has 0 bridgehead atoms. The average molecular weight is 413 g/mol. The maximum atomic E-state index is 12.8. The summed E-state index contributed by atoms with van der Waals surface area (Å²) in [5.74, 6) is 1.15. The number of para-hydroxylation sites is 2. The first-order valence-electron chi connectivity index (χ1n) is 8.08. The molecule has 0 amide bonds. The molecular formula is C20H10Cl2N2O2S. The molecular weight excluding hydrogens is 403 g/mol. The van der Waals surface area contributed by atoms with Gasteiger partial charge in [0.15, 0.2) is 4.96 Å². The molecule has 4 nitrogen and oxygen atoms in total. The number of nitrogens with zero attached hydrogens (tertiary/aromatic N) is 2. The molecule has 0 N–H and O–H groups in total. The molecule has 0 atom stereocenters. The van der Waals surface area contributed by atoms with Crippen LogP contribution in [-0.4, -0.2) is 9.38 Å². The van der Waals surface area contributed by atoms with Gasteiger partial charge in [-0.3, -0.25) is 4.79 Å². The summed E-state index contributed by atoms with van der Waals surface area (Å²) in [6.07, 6.45) is 1.72. The Morgan fingerprint density at radius 3 is 2.78 bits per heavy atom. The van der Waals surface area contributed by atoms with E-state index in [1.165, 1.54) is 11.3 Å². The number of hydrogen-bond acceptors (Lipinski definition) is 4. The third kappa shape index (κ3) is 2.67. The Morgan fingerprint density at radius 1 is 1.04 bits per heavy atom. The minimum atomic E-state index is -0.109. The summed E-state index contributed by atoms with van der Waals surface area (Å²) in [6, 6.07) is 16.6. The van der Waals surface area contributed by atoms with E-state index < -0.39 is 0 Å². The lowest BCUT2D eigenvalue weighted by atomic mass is 10.2. The molecule has 0 saturated carbocycles. The van der Waals surface area contributed by atoms with Crippen LogP contribution in [0.3, 0.4) is 0 Å². The average Bonchev–Trinajstić information content (AvgIpc) is 3.34. The van der Waals surface area contributed by atoms with Gasteiger partial charge in [0.05, 0.1) is 21.1 Å². The van der Waals surface area contributed by atoms with Crippen LogP contribution in [-0.2, 0) is 0 Å². The van der Waals surface area contributed by atoms with E-state index in [1.54, 1.807) is 22.6 Å². The van der Waals surface area contributed by atoms with Gasteiger partial charge in [0, 0.05) is 11.6 Å². The number of rotatable bonds is 2. The smallest absolute Gasteiger partial charge is 0.275 e. The molecule has 0 fully saturated rings. The van der Waals surface area contributed by atoms with Crippen LogP contribution in [0.25, 0.3) is 33.4 Å². The lowest BCUT2D eigenvalue weighted by Gasteiger charge is -2.01. The van der Waals surface area contributed by atoms with Crippen LogP contribution in [0.4, 0.5) is 0 Å². The molecule has 0 radical (unpaired) electrons. The zero-order valence-corrected chi connectivity index (χ0v) is 16.0. The Kier molecular flexibility index (Phi) is 3.82. The molecule has 2 aromatic carbocycles. The number of hydrogen-bond donors (Lipinski definition) is 0. The summed E-state index contributed by atoms with van der Waals surface area (Å²) in [5.41, 5.74) is 2.21. The van der Waals surface area contributed by atoms with Crippen LogP contribution in [0.5, 0.6) is 0 Å². The number of furan rings is 1. The molecule has 0 aliphatic heterocycles. The second-order valence-electron chi connectivity index (χ2n) is 5.94. The number of imidazole rings is 1. The number of halogens is 2. The van der Waals surface area contributed by atoms with Crippen molar-refractivity contribution >= 4 is 56.6 Å². The van der Waals surface area contributed by atoms with Gasteiger partial charge >= 0.3 is 0 Å². The summed E-state index contributed by atoms with van der Waals surface area (Å²) >= 11 is 13.7. The van der Waals surface area contributed by atoms with E-state index in [9.17, 15) is 4.79 Å². The summed E-state index contributed by atoms with van der Waals surface area (Å²) in [4.78, 5) is 18.0. The summed E-state index contributed by atoms with van der Waals surface area (Å²) < 4.78 is 8.05. The van der Waals surface area contributed by atoms with Gasteiger partial charge in [-0.15, -0.1) is 0 Å². The van der Waals surface area contributed by atoms with Crippen LogP contribution in [0.2, 0.25) is 10.0 Å². The van der Waals surface area contributed by atoms with Crippen molar-refractivity contribution in [3.63, 3.8) is 0 Å². The third-order valence-electron chi connectivity index (χ3n) is 4.26. The fourth-order valence-corrected chi connectivity index (χ4v) is 4.37. The van der Waals surface area contributed by atoms with Crippen molar-refractivity contribution in [2.75, 3.05) is 0 Å². The number of benzene rings is 2. The minimum Gasteiger partial charge on any atom is -0.457 e. The molecule has 7 heteroatoms. The Balaban J connectivity index is 1.64. The van der Waals surface area contributed by atoms with Crippen molar-refractivity contribution < 1.29 is 4.42 Å². The summed E-state index contributed by atoms with van der Waals surface area (Å²) in [7, 11) is 0. The highest BCUT2D eigenvalue weighted by molar-refractivity contribution is 7.15. The second kappa shape index (κ2) is 6.23. The fourth-order valence-electron chi connectivity index (χ4n) is 3.01. The highest BCUT2D eigenvalue weighted by Gasteiger charge is 2.13. The normalized spacial score (nSPS) is 12.4. The van der Waals surface area contributed by atoms with E-state index in [-0.39, 0.29) is 5.56 Å². The molecule has 5 aromatic rings. The fraction of sp³-hybridized carbons (Fsp3) is 0. The van der Waals surface area contributed by atoms with Crippen LogP contribution in [0.1, 0.15) is 5.76 Å². The Hall–Kier alpha value is -2.60. The summed E-state index contributed by atoms with van der Waals surface area (Å²) in [6.45, 7) is 0. The molecule has 0 aliphatic rings. The molecule has 3 heterocycles. The standard InChI is InChI=1S/C20H10Cl2N2O2S/c21-13-5-3-4-12(18(13)22)16-9-8-11(26-16)10-17-19(25)24-15-7-2-1-6-14(15)23-20(24)27-17/h1-10H. The predicted molar refractivity (Wildman–Crippen MR) is 110 cm³/mol. The van der Waals surface area contributed by atoms with Crippen LogP contribution in [0.15, 0.2) is 63.8 Å². The molecule has 5 rings (SSSR count). The summed E-state index contributed by atoms with van der Waals surface area (Å²) in [5, 5.41) is 0.898. The van der Waals surface area contributed by atoms with E-state index in [0.29, 0.717) is 36.6 Å². The zero-order chi connectivity index (χ0) is 18.5. The van der Waals surface area contributed by atoms with Crippen molar-refractivity contribution in [3.8, 4) is 11.3 Å². The quantitative estimate of drug-likeness (QED) is 0.408. The molecule has 27 heavy (non-hydrogen) atoms. The largest absolute Gasteiger partial charge is 0.457 e. The highest BCUT2D eigenvalue weighted by Crippen LogP contribution is 2.34. The van der Waals surface area contributed by atoms with Gasteiger partial charge in [0.1, 0.15) is 16.1 Å². The zero-order valence-electron chi connectivity index (χ0n) is 13.6. The first-order valence-corrected chi connectivity index (χ1v) is 9.65. The first kappa shape index (κ1) is 16.6. The van der Waals surface area contributed by atoms with Crippen molar-refractivity contribution in [1.29, 1.82) is 0 Å². The Labute approximate surface area is 166 Å². The topological polar surface area (TPSA) is 47.5 Å². The van der Waals surface area contributed by atoms with Gasteiger partial charge in [0.2, 0.25) is 0 Å². The molecule has 132 valence electrons.